The Bertz CT molecular complexity index is 187. The van der Waals surface area contributed by atoms with E-state index in [1.807, 2.05) is 6.92 Å². The Kier molecular flexibility index (Phi) is 3.07. The smallest absolute Gasteiger partial charge is 0.109 e. The lowest BCUT2D eigenvalue weighted by Crippen LogP contribution is -2.41. The van der Waals surface area contributed by atoms with Crippen LogP contribution in [0.25, 0.3) is 0 Å². The SMILES string of the molecule is CCNC1(C#N)CCC(OC)C1. The highest BCUT2D eigenvalue weighted by molar-refractivity contribution is 5.11. The van der Waals surface area contributed by atoms with Crippen molar-refractivity contribution in [3.63, 3.8) is 0 Å². The minimum Gasteiger partial charge on any atom is -0.381 e. The van der Waals surface area contributed by atoms with Crippen molar-refractivity contribution in [2.24, 2.45) is 0 Å². The summed E-state index contributed by atoms with van der Waals surface area (Å²) >= 11 is 0. The van der Waals surface area contributed by atoms with Crippen LogP contribution >= 0.6 is 0 Å². The first-order valence-electron chi connectivity index (χ1n) is 4.45. The molecule has 0 bridgehead atoms. The molecule has 0 aromatic heterocycles. The molecular weight excluding hydrogens is 152 g/mol. The van der Waals surface area contributed by atoms with E-state index >= 15 is 0 Å². The molecule has 3 heteroatoms. The molecule has 2 atom stereocenters. The monoisotopic (exact) mass is 168 g/mol. The summed E-state index contributed by atoms with van der Waals surface area (Å²) < 4.78 is 5.22. The zero-order chi connectivity index (χ0) is 9.03. The normalized spacial score (nSPS) is 34.9. The highest BCUT2D eigenvalue weighted by Gasteiger charge is 2.38. The summed E-state index contributed by atoms with van der Waals surface area (Å²) in [5.41, 5.74) is -0.310. The second-order valence-corrected chi connectivity index (χ2v) is 3.32. The Hall–Kier alpha value is -0.590. The lowest BCUT2D eigenvalue weighted by atomic mass is 10.00. The number of hydrogen-bond donors (Lipinski definition) is 1. The number of methoxy groups -OCH3 is 1. The Morgan fingerprint density at radius 2 is 2.50 bits per heavy atom. The number of nitriles is 1. The van der Waals surface area contributed by atoms with E-state index in [1.54, 1.807) is 7.11 Å². The van der Waals surface area contributed by atoms with Crippen LogP contribution < -0.4 is 5.32 Å². The van der Waals surface area contributed by atoms with Crippen LogP contribution in [-0.4, -0.2) is 25.3 Å². The topological polar surface area (TPSA) is 45.0 Å². The highest BCUT2D eigenvalue weighted by Crippen LogP contribution is 2.30. The van der Waals surface area contributed by atoms with Gasteiger partial charge in [0.2, 0.25) is 0 Å². The molecule has 0 heterocycles. The molecule has 1 saturated carbocycles. The van der Waals surface area contributed by atoms with E-state index in [4.69, 9.17) is 10.00 Å². The molecule has 0 saturated heterocycles. The lowest BCUT2D eigenvalue weighted by Gasteiger charge is -2.21. The number of nitrogens with one attached hydrogen (secondary N) is 1. The average Bonchev–Trinajstić information content (AvgIpc) is 2.50. The molecule has 0 radical (unpaired) electrons. The van der Waals surface area contributed by atoms with Crippen molar-refractivity contribution in [2.45, 2.75) is 37.8 Å². The van der Waals surface area contributed by atoms with Crippen molar-refractivity contribution in [3.05, 3.63) is 0 Å². The molecule has 1 aliphatic carbocycles. The van der Waals surface area contributed by atoms with E-state index in [1.165, 1.54) is 0 Å². The van der Waals surface area contributed by atoms with Gasteiger partial charge < -0.3 is 4.74 Å². The number of hydrogen-bond acceptors (Lipinski definition) is 3. The summed E-state index contributed by atoms with van der Waals surface area (Å²) in [6.45, 7) is 2.88. The molecule has 1 aliphatic rings. The van der Waals surface area contributed by atoms with Gasteiger partial charge in [-0.3, -0.25) is 5.32 Å². The molecule has 3 nitrogen and oxygen atoms in total. The van der Waals surface area contributed by atoms with E-state index in [-0.39, 0.29) is 11.6 Å². The molecule has 0 amide bonds. The van der Waals surface area contributed by atoms with Gasteiger partial charge in [-0.1, -0.05) is 6.92 Å². The second-order valence-electron chi connectivity index (χ2n) is 3.32. The molecule has 68 valence electrons. The minimum absolute atomic E-state index is 0.267. The number of ether oxygens (including phenoxy) is 1. The predicted molar refractivity (Wildman–Crippen MR) is 46.7 cm³/mol. The van der Waals surface area contributed by atoms with Crippen LogP contribution in [0.3, 0.4) is 0 Å². The van der Waals surface area contributed by atoms with Crippen LogP contribution in [0.5, 0.6) is 0 Å². The summed E-state index contributed by atoms with van der Waals surface area (Å²) in [4.78, 5) is 0. The van der Waals surface area contributed by atoms with Crippen molar-refractivity contribution in [2.75, 3.05) is 13.7 Å². The van der Waals surface area contributed by atoms with Crippen LogP contribution in [0.2, 0.25) is 0 Å². The van der Waals surface area contributed by atoms with Gasteiger partial charge >= 0.3 is 0 Å². The summed E-state index contributed by atoms with van der Waals surface area (Å²) in [7, 11) is 1.71. The van der Waals surface area contributed by atoms with Crippen LogP contribution in [0.15, 0.2) is 0 Å². The molecule has 0 aliphatic heterocycles. The molecule has 12 heavy (non-hydrogen) atoms. The van der Waals surface area contributed by atoms with E-state index in [2.05, 4.69) is 11.4 Å². The summed E-state index contributed by atoms with van der Waals surface area (Å²) in [5.74, 6) is 0. The Labute approximate surface area is 73.7 Å². The Balaban J connectivity index is 2.55. The zero-order valence-corrected chi connectivity index (χ0v) is 7.76. The van der Waals surface area contributed by atoms with Gasteiger partial charge in [0, 0.05) is 13.5 Å². The maximum absolute atomic E-state index is 8.99. The van der Waals surface area contributed by atoms with Crippen molar-refractivity contribution in [1.82, 2.24) is 5.32 Å². The largest absolute Gasteiger partial charge is 0.381 e. The van der Waals surface area contributed by atoms with Gasteiger partial charge in [0.15, 0.2) is 0 Å². The third-order valence-electron chi connectivity index (χ3n) is 2.53. The van der Waals surface area contributed by atoms with Crippen molar-refractivity contribution >= 4 is 0 Å². The molecule has 0 aromatic rings. The first-order valence-corrected chi connectivity index (χ1v) is 4.45. The van der Waals surface area contributed by atoms with E-state index in [9.17, 15) is 0 Å². The summed E-state index contributed by atoms with van der Waals surface area (Å²) in [6.07, 6.45) is 3.00. The van der Waals surface area contributed by atoms with Gasteiger partial charge in [0.05, 0.1) is 12.2 Å². The molecule has 1 rings (SSSR count). The van der Waals surface area contributed by atoms with Crippen molar-refractivity contribution < 1.29 is 4.74 Å². The molecule has 0 aromatic carbocycles. The quantitative estimate of drug-likeness (QED) is 0.685. The van der Waals surface area contributed by atoms with Gasteiger partial charge in [-0.2, -0.15) is 5.26 Å². The first-order chi connectivity index (χ1) is 5.76. The summed E-state index contributed by atoms with van der Waals surface area (Å²) in [6, 6.07) is 2.35. The molecule has 0 spiro atoms. The Morgan fingerprint density at radius 1 is 1.75 bits per heavy atom. The third-order valence-corrected chi connectivity index (χ3v) is 2.53. The fourth-order valence-corrected chi connectivity index (χ4v) is 1.84. The van der Waals surface area contributed by atoms with Gasteiger partial charge in [0.1, 0.15) is 5.54 Å². The molecule has 1 fully saturated rings. The fraction of sp³-hybridized carbons (Fsp3) is 0.889. The van der Waals surface area contributed by atoms with Gasteiger partial charge in [-0.15, -0.1) is 0 Å². The van der Waals surface area contributed by atoms with Gasteiger partial charge in [0.25, 0.3) is 0 Å². The number of rotatable bonds is 3. The highest BCUT2D eigenvalue weighted by atomic mass is 16.5. The lowest BCUT2D eigenvalue weighted by molar-refractivity contribution is 0.104. The summed E-state index contributed by atoms with van der Waals surface area (Å²) in [5, 5.41) is 12.2. The maximum Gasteiger partial charge on any atom is 0.109 e. The molecule has 2 unspecified atom stereocenters. The molecule has 1 N–H and O–H groups in total. The van der Waals surface area contributed by atoms with Gasteiger partial charge in [-0.05, 0) is 19.4 Å². The predicted octanol–water partition coefficient (Wildman–Crippen LogP) is 1.06. The molecular formula is C9H16N2O. The second kappa shape index (κ2) is 3.88. The van der Waals surface area contributed by atoms with Crippen molar-refractivity contribution in [1.29, 1.82) is 5.26 Å². The third kappa shape index (κ3) is 1.77. The standard InChI is InChI=1S/C9H16N2O/c1-3-11-9(7-10)5-4-8(6-9)12-2/h8,11H,3-6H2,1-2H3. The Morgan fingerprint density at radius 3 is 2.92 bits per heavy atom. The van der Waals surface area contributed by atoms with Crippen LogP contribution in [0.4, 0.5) is 0 Å². The number of nitrogens with zero attached hydrogens (tertiary/aromatic N) is 1. The van der Waals surface area contributed by atoms with E-state index in [0.29, 0.717) is 0 Å². The zero-order valence-electron chi connectivity index (χ0n) is 7.76. The van der Waals surface area contributed by atoms with Gasteiger partial charge in [-0.25, -0.2) is 0 Å². The maximum atomic E-state index is 8.99. The van der Waals surface area contributed by atoms with Crippen molar-refractivity contribution in [3.8, 4) is 6.07 Å². The van der Waals surface area contributed by atoms with E-state index < -0.39 is 0 Å². The first kappa shape index (κ1) is 9.50. The van der Waals surface area contributed by atoms with E-state index in [0.717, 1.165) is 25.8 Å². The average molecular weight is 168 g/mol. The fourth-order valence-electron chi connectivity index (χ4n) is 1.84. The van der Waals surface area contributed by atoms with Crippen LogP contribution in [-0.2, 0) is 4.74 Å². The minimum atomic E-state index is -0.310. The van der Waals surface area contributed by atoms with Crippen LogP contribution in [0.1, 0.15) is 26.2 Å². The van der Waals surface area contributed by atoms with Crippen LogP contribution in [0, 0.1) is 11.3 Å².